The van der Waals surface area contributed by atoms with Gasteiger partial charge in [-0.15, -0.1) is 0 Å². The summed E-state index contributed by atoms with van der Waals surface area (Å²) in [5.74, 6) is 0.687. The Morgan fingerprint density at radius 1 is 0.548 bits per heavy atom. The lowest BCUT2D eigenvalue weighted by molar-refractivity contribution is 0.646. The van der Waals surface area contributed by atoms with E-state index in [9.17, 15) is 0 Å². The van der Waals surface area contributed by atoms with Crippen molar-refractivity contribution >= 4 is 43.5 Å². The molecule has 6 aromatic carbocycles. The smallest absolute Gasteiger partial charge is 0.235 e. The van der Waals surface area contributed by atoms with E-state index in [4.69, 9.17) is 9.97 Å². The molecule has 2 aromatic heterocycles. The molecule has 3 nitrogen and oxygen atoms in total. The van der Waals surface area contributed by atoms with Crippen molar-refractivity contribution in [1.82, 2.24) is 14.5 Å². The summed E-state index contributed by atoms with van der Waals surface area (Å²) in [5, 5.41) is 6.13. The third-order valence-corrected chi connectivity index (χ3v) is 9.19. The molecule has 1 aliphatic carbocycles. The number of rotatable bonds is 2. The van der Waals surface area contributed by atoms with Gasteiger partial charge in [0.05, 0.1) is 22.2 Å². The van der Waals surface area contributed by atoms with Gasteiger partial charge in [0.15, 0.2) is 0 Å². The molecule has 0 bridgehead atoms. The van der Waals surface area contributed by atoms with Gasteiger partial charge in [-0.3, -0.25) is 4.57 Å². The van der Waals surface area contributed by atoms with Crippen LogP contribution in [0, 0.1) is 0 Å². The van der Waals surface area contributed by atoms with Crippen molar-refractivity contribution in [2.75, 3.05) is 0 Å². The first-order valence-electron chi connectivity index (χ1n) is 14.5. The highest BCUT2D eigenvalue weighted by Crippen LogP contribution is 2.50. The third kappa shape index (κ3) is 3.11. The molecule has 3 heteroatoms. The van der Waals surface area contributed by atoms with Crippen LogP contribution in [0.3, 0.4) is 0 Å². The molecular weight excluding hydrogens is 510 g/mol. The zero-order chi connectivity index (χ0) is 28.0. The predicted octanol–water partition coefficient (Wildman–Crippen LogP) is 9.85. The van der Waals surface area contributed by atoms with Gasteiger partial charge in [0.2, 0.25) is 5.95 Å². The van der Waals surface area contributed by atoms with Gasteiger partial charge < -0.3 is 0 Å². The summed E-state index contributed by atoms with van der Waals surface area (Å²) in [5.41, 5.74) is 10.4. The Balaban J connectivity index is 1.42. The van der Waals surface area contributed by atoms with Gasteiger partial charge in [-0.2, -0.15) is 0 Å². The van der Waals surface area contributed by atoms with Crippen LogP contribution in [-0.4, -0.2) is 14.5 Å². The summed E-state index contributed by atoms with van der Waals surface area (Å²) < 4.78 is 2.26. The number of hydrogen-bond donors (Lipinski definition) is 0. The lowest BCUT2D eigenvalue weighted by atomic mass is 9.68. The normalized spacial score (nSPS) is 13.7. The first kappa shape index (κ1) is 23.4. The zero-order valence-corrected chi connectivity index (χ0v) is 23.5. The van der Waals surface area contributed by atoms with E-state index in [0.29, 0.717) is 5.95 Å². The monoisotopic (exact) mass is 537 g/mol. The fourth-order valence-electron chi connectivity index (χ4n) is 7.18. The molecule has 0 spiro atoms. The minimum absolute atomic E-state index is 0.138. The van der Waals surface area contributed by atoms with E-state index in [0.717, 1.165) is 33.2 Å². The van der Waals surface area contributed by atoms with E-state index in [2.05, 4.69) is 140 Å². The van der Waals surface area contributed by atoms with Gasteiger partial charge in [0, 0.05) is 27.1 Å². The number of aromatic nitrogens is 3. The van der Waals surface area contributed by atoms with E-state index >= 15 is 0 Å². The fraction of sp³-hybridized carbons (Fsp3) is 0.0769. The van der Waals surface area contributed by atoms with Crippen LogP contribution < -0.4 is 0 Å². The average Bonchev–Trinajstić information content (AvgIpc) is 3.36. The molecule has 9 rings (SSSR count). The molecule has 198 valence electrons. The number of para-hydroxylation sites is 2. The minimum Gasteiger partial charge on any atom is -0.278 e. The molecule has 0 amide bonds. The Labute approximate surface area is 243 Å². The SMILES string of the molecule is CC1(C)c2cc3c4ccccc4n(-c4nc(-c5ccccc5)c5ccccc5n4)c3cc2-c2cccc3cccc1c23. The van der Waals surface area contributed by atoms with Crippen LogP contribution in [-0.2, 0) is 5.41 Å². The van der Waals surface area contributed by atoms with E-state index in [-0.39, 0.29) is 5.41 Å². The van der Waals surface area contributed by atoms with Gasteiger partial charge in [-0.05, 0) is 57.3 Å². The van der Waals surface area contributed by atoms with Crippen molar-refractivity contribution in [3.63, 3.8) is 0 Å². The quantitative estimate of drug-likeness (QED) is 0.220. The maximum Gasteiger partial charge on any atom is 0.235 e. The van der Waals surface area contributed by atoms with E-state index in [1.54, 1.807) is 0 Å². The van der Waals surface area contributed by atoms with E-state index < -0.39 is 0 Å². The molecule has 0 N–H and O–H groups in total. The van der Waals surface area contributed by atoms with Crippen LogP contribution in [0.1, 0.15) is 25.0 Å². The fourth-order valence-corrected chi connectivity index (χ4v) is 7.18. The molecule has 8 aromatic rings. The molecule has 0 fully saturated rings. The third-order valence-electron chi connectivity index (χ3n) is 9.19. The van der Waals surface area contributed by atoms with Crippen molar-refractivity contribution in [3.05, 3.63) is 139 Å². The first-order valence-corrected chi connectivity index (χ1v) is 14.5. The Bertz CT molecular complexity index is 2370. The first-order chi connectivity index (χ1) is 20.6. The lowest BCUT2D eigenvalue weighted by Crippen LogP contribution is -2.23. The summed E-state index contributed by atoms with van der Waals surface area (Å²) >= 11 is 0. The lowest BCUT2D eigenvalue weighted by Gasteiger charge is -2.35. The Hall–Kier alpha value is -5.28. The molecule has 42 heavy (non-hydrogen) atoms. The van der Waals surface area contributed by atoms with E-state index in [1.807, 2.05) is 6.07 Å². The van der Waals surface area contributed by atoms with Gasteiger partial charge >= 0.3 is 0 Å². The zero-order valence-electron chi connectivity index (χ0n) is 23.5. The summed E-state index contributed by atoms with van der Waals surface area (Å²) in [6.45, 7) is 4.72. The molecule has 0 radical (unpaired) electrons. The van der Waals surface area contributed by atoms with Gasteiger partial charge in [-0.1, -0.05) is 117 Å². The summed E-state index contributed by atoms with van der Waals surface area (Å²) in [6, 6.07) is 45.6. The van der Waals surface area contributed by atoms with Crippen LogP contribution in [0.25, 0.3) is 71.8 Å². The molecule has 0 saturated heterocycles. The van der Waals surface area contributed by atoms with Gasteiger partial charge in [0.1, 0.15) is 0 Å². The number of nitrogens with zero attached hydrogens (tertiary/aromatic N) is 3. The molecular formula is C39H27N3. The maximum absolute atomic E-state index is 5.28. The predicted molar refractivity (Wildman–Crippen MR) is 174 cm³/mol. The molecule has 1 aliphatic rings. The van der Waals surface area contributed by atoms with Gasteiger partial charge in [0.25, 0.3) is 0 Å². The second-order valence-electron chi connectivity index (χ2n) is 11.9. The standard InChI is InChI=1S/C39H27N3/c1-39(2)31-19-11-15-24-14-10-18-27(36(24)31)29-23-35-30(22-32(29)39)26-16-7-9-21-34(26)42(35)38-40-33-20-8-6-17-28(33)37(41-38)25-12-4-3-5-13-25/h3-23H,1-2H3. The topological polar surface area (TPSA) is 30.7 Å². The van der Waals surface area contributed by atoms with Gasteiger partial charge in [-0.25, -0.2) is 9.97 Å². The van der Waals surface area contributed by atoms with Crippen LogP contribution in [0.4, 0.5) is 0 Å². The Kier molecular flexibility index (Phi) is 4.67. The highest BCUT2D eigenvalue weighted by atomic mass is 15.2. The van der Waals surface area contributed by atoms with E-state index in [1.165, 1.54) is 43.8 Å². The summed E-state index contributed by atoms with van der Waals surface area (Å²) in [7, 11) is 0. The van der Waals surface area contributed by atoms with Crippen molar-refractivity contribution in [3.8, 4) is 28.3 Å². The molecule has 2 heterocycles. The maximum atomic E-state index is 5.28. The molecule has 0 aliphatic heterocycles. The summed E-state index contributed by atoms with van der Waals surface area (Å²) in [4.78, 5) is 10.5. The molecule has 0 unspecified atom stereocenters. The number of hydrogen-bond acceptors (Lipinski definition) is 2. The number of fused-ring (bicyclic) bond motifs is 6. The Morgan fingerprint density at radius 3 is 2.14 bits per heavy atom. The van der Waals surface area contributed by atoms with Crippen molar-refractivity contribution < 1.29 is 0 Å². The summed E-state index contributed by atoms with van der Waals surface area (Å²) in [6.07, 6.45) is 0. The molecule has 0 atom stereocenters. The second-order valence-corrected chi connectivity index (χ2v) is 11.9. The second kappa shape index (κ2) is 8.37. The largest absolute Gasteiger partial charge is 0.278 e. The number of benzene rings is 6. The average molecular weight is 538 g/mol. The van der Waals surface area contributed by atoms with Crippen LogP contribution in [0.2, 0.25) is 0 Å². The van der Waals surface area contributed by atoms with Crippen LogP contribution in [0.5, 0.6) is 0 Å². The highest BCUT2D eigenvalue weighted by Gasteiger charge is 2.34. The van der Waals surface area contributed by atoms with Crippen molar-refractivity contribution in [2.45, 2.75) is 19.3 Å². The minimum atomic E-state index is -0.138. The Morgan fingerprint density at radius 2 is 1.29 bits per heavy atom. The van der Waals surface area contributed by atoms with Crippen LogP contribution in [0.15, 0.2) is 127 Å². The van der Waals surface area contributed by atoms with Crippen LogP contribution >= 0.6 is 0 Å². The van der Waals surface area contributed by atoms with Crippen molar-refractivity contribution in [1.29, 1.82) is 0 Å². The van der Waals surface area contributed by atoms with Crippen molar-refractivity contribution in [2.24, 2.45) is 0 Å². The highest BCUT2D eigenvalue weighted by molar-refractivity contribution is 6.13. The molecule has 0 saturated carbocycles.